The minimum Gasteiger partial charge on any atom is -1.00 e. The van der Waals surface area contributed by atoms with Crippen molar-refractivity contribution in [3.8, 4) is 23.7 Å². The Morgan fingerprint density at radius 1 is 0.550 bits per heavy atom. The molecule has 0 aromatic rings. The highest BCUT2D eigenvalue weighted by atomic mass is 127. The topological polar surface area (TPSA) is 0 Å². The fourth-order valence-corrected chi connectivity index (χ4v) is 1.19. The van der Waals surface area contributed by atoms with E-state index in [1.807, 2.05) is 0 Å². The van der Waals surface area contributed by atoms with Gasteiger partial charge in [-0.15, -0.1) is 0 Å². The summed E-state index contributed by atoms with van der Waals surface area (Å²) >= 11 is 0. The Labute approximate surface area is 160 Å². The molecule has 4 heteroatoms. The zero-order valence-electron chi connectivity index (χ0n) is 13.9. The van der Waals surface area contributed by atoms with Gasteiger partial charge in [-0.05, 0) is 24.7 Å². The second kappa shape index (κ2) is 13.2. The van der Waals surface area contributed by atoms with Gasteiger partial charge in [0.05, 0.1) is 42.3 Å². The number of halogens is 2. The van der Waals surface area contributed by atoms with Crippen molar-refractivity contribution in [1.82, 2.24) is 0 Å². The van der Waals surface area contributed by atoms with Crippen molar-refractivity contribution in [3.05, 3.63) is 0 Å². The molecule has 0 saturated carbocycles. The maximum atomic E-state index is 3.24. The van der Waals surface area contributed by atoms with Gasteiger partial charge in [-0.2, -0.15) is 0 Å². The third-order valence-electron chi connectivity index (χ3n) is 2.21. The second-order valence-electron chi connectivity index (χ2n) is 6.81. The van der Waals surface area contributed by atoms with Crippen LogP contribution in [0, 0.1) is 23.7 Å². The lowest BCUT2D eigenvalue weighted by molar-refractivity contribution is -0.862. The number of hydrogen-bond donors (Lipinski definition) is 0. The minimum atomic E-state index is 0. The predicted molar refractivity (Wildman–Crippen MR) is 79.8 cm³/mol. The van der Waals surface area contributed by atoms with Crippen LogP contribution in [0.2, 0.25) is 0 Å². The smallest absolute Gasteiger partial charge is 0.140 e. The summed E-state index contributed by atoms with van der Waals surface area (Å²) in [5.41, 5.74) is 0. The largest absolute Gasteiger partial charge is 1.00 e. The van der Waals surface area contributed by atoms with Crippen LogP contribution in [0.3, 0.4) is 0 Å². The normalized spacial score (nSPS) is 10.1. The number of quaternary nitrogens is 2. The molecule has 0 aliphatic heterocycles. The highest BCUT2D eigenvalue weighted by Gasteiger charge is 2.01. The maximum Gasteiger partial charge on any atom is 0.140 e. The molecular formula is C16H30I2N2. The van der Waals surface area contributed by atoms with Gasteiger partial charge in [0.2, 0.25) is 0 Å². The molecule has 0 unspecified atom stereocenters. The molecule has 0 aromatic heterocycles. The van der Waals surface area contributed by atoms with Gasteiger partial charge in [-0.1, -0.05) is 11.8 Å². The number of unbranched alkanes of at least 4 members (excludes halogenated alkanes) is 3. The molecule has 20 heavy (non-hydrogen) atoms. The van der Waals surface area contributed by atoms with Crippen LogP contribution < -0.4 is 48.0 Å². The van der Waals surface area contributed by atoms with Gasteiger partial charge >= 0.3 is 0 Å². The van der Waals surface area contributed by atoms with Gasteiger partial charge in [0.25, 0.3) is 0 Å². The molecule has 2 nitrogen and oxygen atoms in total. The average Bonchev–Trinajstić information content (AvgIpc) is 2.17. The molecule has 0 bridgehead atoms. The summed E-state index contributed by atoms with van der Waals surface area (Å²) < 4.78 is 1.84. The highest BCUT2D eigenvalue weighted by molar-refractivity contribution is 5.00. The summed E-state index contributed by atoms with van der Waals surface area (Å²) in [6.45, 7) is 1.87. The molecule has 0 atom stereocenters. The fourth-order valence-electron chi connectivity index (χ4n) is 1.19. The average molecular weight is 504 g/mol. The molecule has 0 saturated heterocycles. The molecule has 0 rings (SSSR count). The van der Waals surface area contributed by atoms with E-state index in [1.54, 1.807) is 0 Å². The third kappa shape index (κ3) is 23.6. The summed E-state index contributed by atoms with van der Waals surface area (Å²) in [5, 5.41) is 0. The first-order valence-electron chi connectivity index (χ1n) is 6.73. The van der Waals surface area contributed by atoms with E-state index >= 15 is 0 Å². The van der Waals surface area contributed by atoms with Crippen molar-refractivity contribution in [2.24, 2.45) is 0 Å². The van der Waals surface area contributed by atoms with Crippen LogP contribution >= 0.6 is 0 Å². The van der Waals surface area contributed by atoms with Gasteiger partial charge in [-0.3, -0.25) is 0 Å². The standard InChI is InChI=1S/C16H30N2.2HI/c1-17(2,3)15-13-11-9-7-8-10-12-14-16-18(4,5)6;;/h7-10,15-16H2,1-6H3;2*1H/q+2;;/p-2. The molecule has 0 spiro atoms. The Morgan fingerprint density at radius 2 is 0.850 bits per heavy atom. The Morgan fingerprint density at radius 3 is 1.10 bits per heavy atom. The maximum absolute atomic E-state index is 3.24. The zero-order valence-corrected chi connectivity index (χ0v) is 18.2. The first kappa shape index (κ1) is 25.5. The van der Waals surface area contributed by atoms with Crippen LogP contribution in [0.1, 0.15) is 25.7 Å². The Bertz CT molecular complexity index is 307. The molecular weight excluding hydrogens is 474 g/mol. The number of nitrogens with zero attached hydrogens (tertiary/aromatic N) is 2. The van der Waals surface area contributed by atoms with Gasteiger partial charge < -0.3 is 56.9 Å². The minimum absolute atomic E-state index is 0. The van der Waals surface area contributed by atoms with Gasteiger partial charge in [0.15, 0.2) is 0 Å². The van der Waals surface area contributed by atoms with Gasteiger partial charge in [0.1, 0.15) is 13.1 Å². The molecule has 0 radical (unpaired) electrons. The van der Waals surface area contributed by atoms with Crippen LogP contribution in [-0.2, 0) is 0 Å². The molecule has 0 amide bonds. The lowest BCUT2D eigenvalue weighted by Crippen LogP contribution is -3.00. The summed E-state index contributed by atoms with van der Waals surface area (Å²) in [7, 11) is 13.0. The van der Waals surface area contributed by atoms with E-state index in [-0.39, 0.29) is 48.0 Å². The molecule has 0 aliphatic rings. The zero-order chi connectivity index (χ0) is 14.1. The Hall–Kier alpha value is 0.500. The van der Waals surface area contributed by atoms with E-state index < -0.39 is 0 Å². The van der Waals surface area contributed by atoms with Crippen molar-refractivity contribution in [2.75, 3.05) is 55.4 Å². The van der Waals surface area contributed by atoms with Crippen molar-refractivity contribution in [1.29, 1.82) is 0 Å². The van der Waals surface area contributed by atoms with Crippen LogP contribution in [0.4, 0.5) is 0 Å². The van der Waals surface area contributed by atoms with E-state index in [0.717, 1.165) is 34.9 Å². The summed E-state index contributed by atoms with van der Waals surface area (Å²) in [5.74, 6) is 12.9. The summed E-state index contributed by atoms with van der Waals surface area (Å²) in [6, 6.07) is 0. The van der Waals surface area contributed by atoms with E-state index in [0.29, 0.717) is 0 Å². The van der Waals surface area contributed by atoms with Gasteiger partial charge in [-0.25, -0.2) is 0 Å². The molecule has 0 aromatic carbocycles. The van der Waals surface area contributed by atoms with E-state index in [2.05, 4.69) is 66.0 Å². The van der Waals surface area contributed by atoms with Crippen LogP contribution in [0.15, 0.2) is 0 Å². The van der Waals surface area contributed by atoms with Crippen LogP contribution in [0.5, 0.6) is 0 Å². The second-order valence-corrected chi connectivity index (χ2v) is 6.81. The quantitative estimate of drug-likeness (QED) is 0.155. The molecule has 0 N–H and O–H groups in total. The fraction of sp³-hybridized carbons (Fsp3) is 0.750. The number of hydrogen-bond acceptors (Lipinski definition) is 0. The molecule has 0 aliphatic carbocycles. The van der Waals surface area contributed by atoms with Crippen LogP contribution in [0.25, 0.3) is 0 Å². The van der Waals surface area contributed by atoms with Crippen LogP contribution in [-0.4, -0.2) is 64.3 Å². The Balaban J connectivity index is -0.00000144. The first-order chi connectivity index (χ1) is 8.21. The van der Waals surface area contributed by atoms with Gasteiger partial charge in [0, 0.05) is 12.8 Å². The number of rotatable bonds is 5. The molecule has 118 valence electrons. The lowest BCUT2D eigenvalue weighted by Gasteiger charge is -2.20. The van der Waals surface area contributed by atoms with Crippen molar-refractivity contribution in [3.63, 3.8) is 0 Å². The molecule has 0 heterocycles. The predicted octanol–water partition coefficient (Wildman–Crippen LogP) is -4.03. The Kier molecular flexibility index (Phi) is 16.8. The summed E-state index contributed by atoms with van der Waals surface area (Å²) in [4.78, 5) is 0. The van der Waals surface area contributed by atoms with Crippen molar-refractivity contribution >= 4 is 0 Å². The third-order valence-corrected chi connectivity index (χ3v) is 2.21. The lowest BCUT2D eigenvalue weighted by atomic mass is 10.2. The van der Waals surface area contributed by atoms with Crippen molar-refractivity contribution in [2.45, 2.75) is 25.7 Å². The summed E-state index contributed by atoms with van der Waals surface area (Å²) in [6.07, 6.45) is 4.36. The monoisotopic (exact) mass is 504 g/mol. The SMILES string of the molecule is C[N+](C)(C)CC#CCCCCC#CC[N+](C)(C)C.[I-].[I-]. The van der Waals surface area contributed by atoms with E-state index in [9.17, 15) is 0 Å². The highest BCUT2D eigenvalue weighted by Crippen LogP contribution is 1.98. The molecule has 0 fully saturated rings. The van der Waals surface area contributed by atoms with E-state index in [1.165, 1.54) is 12.8 Å². The van der Waals surface area contributed by atoms with E-state index in [4.69, 9.17) is 0 Å². The van der Waals surface area contributed by atoms with Crippen molar-refractivity contribution < 1.29 is 56.9 Å². The first-order valence-corrected chi connectivity index (χ1v) is 6.73.